The normalized spacial score (nSPS) is 15.5. The van der Waals surface area contributed by atoms with Crippen LogP contribution in [0.3, 0.4) is 0 Å². The number of methoxy groups -OCH3 is 1. The van der Waals surface area contributed by atoms with Crippen molar-refractivity contribution in [2.45, 2.75) is 25.5 Å². The first-order valence-electron chi connectivity index (χ1n) is 14.4. The molecule has 1 aliphatic carbocycles. The Morgan fingerprint density at radius 1 is 1.09 bits per heavy atom. The van der Waals surface area contributed by atoms with E-state index in [0.717, 1.165) is 49.9 Å². The fourth-order valence-corrected chi connectivity index (χ4v) is 7.86. The van der Waals surface area contributed by atoms with Crippen LogP contribution < -0.4 is 24.4 Å². The molecular weight excluding hydrogens is 737 g/mol. The van der Waals surface area contributed by atoms with Crippen LogP contribution in [0.2, 0.25) is 5.02 Å². The largest absolute Gasteiger partial charge is 0.493 e. The number of allylic oxidation sites excluding steroid dienone is 1. The van der Waals surface area contributed by atoms with Gasteiger partial charge in [-0.1, -0.05) is 59.3 Å². The van der Waals surface area contributed by atoms with Crippen LogP contribution in [0.15, 0.2) is 100 Å². The molecule has 0 spiro atoms. The molecule has 1 atom stereocenters. The number of non-ortho nitro benzene ring substituents is 1. The number of aromatic nitrogens is 1. The van der Waals surface area contributed by atoms with E-state index in [-0.39, 0.29) is 23.9 Å². The average molecular weight is 762 g/mol. The van der Waals surface area contributed by atoms with Crippen molar-refractivity contribution >= 4 is 63.0 Å². The molecule has 0 amide bonds. The van der Waals surface area contributed by atoms with Crippen molar-refractivity contribution in [3.8, 4) is 11.5 Å². The summed E-state index contributed by atoms with van der Waals surface area (Å²) in [5.74, 6) is 1.06. The fraction of sp³-hybridized carbons (Fsp3) is 0.143. The van der Waals surface area contributed by atoms with Gasteiger partial charge >= 0.3 is 0 Å². The number of halogens is 2. The number of benzene rings is 4. The van der Waals surface area contributed by atoms with Crippen molar-refractivity contribution in [3.63, 3.8) is 0 Å². The molecule has 7 rings (SSSR count). The van der Waals surface area contributed by atoms with Gasteiger partial charge in [0.2, 0.25) is 0 Å². The van der Waals surface area contributed by atoms with E-state index in [1.54, 1.807) is 19.2 Å². The molecule has 0 radical (unpaired) electrons. The number of nitrogens with zero attached hydrogens (tertiary/aromatic N) is 3. The van der Waals surface area contributed by atoms with Gasteiger partial charge in [-0.15, -0.1) is 0 Å². The fourth-order valence-electron chi connectivity index (χ4n) is 5.95. The van der Waals surface area contributed by atoms with E-state index < -0.39 is 4.92 Å². The summed E-state index contributed by atoms with van der Waals surface area (Å²) in [6, 6.07) is 25.8. The molecule has 11 heteroatoms. The number of hydrogen-bond acceptors (Lipinski definition) is 7. The molecule has 1 unspecified atom stereocenters. The third kappa shape index (κ3) is 5.65. The molecule has 8 nitrogen and oxygen atoms in total. The SMILES string of the molecule is COc1cc(/C=c2/sc3n(c2=O)C(c2ccc(Cl)cc2)C2=C(N=3)c3ccccc3CC2)cc(I)c1OCc1ccc([N+](=O)[O-])cc1. The summed E-state index contributed by atoms with van der Waals surface area (Å²) in [4.78, 5) is 30.4. The van der Waals surface area contributed by atoms with Crippen molar-refractivity contribution < 1.29 is 14.4 Å². The highest BCUT2D eigenvalue weighted by molar-refractivity contribution is 14.1. The maximum Gasteiger partial charge on any atom is 0.271 e. The smallest absolute Gasteiger partial charge is 0.271 e. The summed E-state index contributed by atoms with van der Waals surface area (Å²) in [5.41, 5.74) is 6.92. The van der Waals surface area contributed by atoms with E-state index >= 15 is 0 Å². The Morgan fingerprint density at radius 3 is 2.59 bits per heavy atom. The Morgan fingerprint density at radius 2 is 1.85 bits per heavy atom. The molecule has 0 N–H and O–H groups in total. The van der Waals surface area contributed by atoms with E-state index in [9.17, 15) is 14.9 Å². The Balaban J connectivity index is 1.28. The van der Waals surface area contributed by atoms with Gasteiger partial charge in [0.1, 0.15) is 6.61 Å². The molecule has 1 aromatic heterocycles. The Hall–Kier alpha value is -4.26. The maximum absolute atomic E-state index is 14.2. The van der Waals surface area contributed by atoms with E-state index in [0.29, 0.717) is 25.9 Å². The third-order valence-electron chi connectivity index (χ3n) is 8.14. The topological polar surface area (TPSA) is 96.0 Å². The second-order valence-corrected chi connectivity index (χ2v) is 13.5. The first-order chi connectivity index (χ1) is 22.3. The molecule has 0 saturated carbocycles. The molecule has 1 aliphatic heterocycles. The number of rotatable bonds is 7. The van der Waals surface area contributed by atoms with Gasteiger partial charge in [0.05, 0.1) is 31.9 Å². The predicted octanol–water partition coefficient (Wildman–Crippen LogP) is 7.07. The van der Waals surface area contributed by atoms with Crippen LogP contribution in [0.25, 0.3) is 11.8 Å². The summed E-state index contributed by atoms with van der Waals surface area (Å²) in [6.07, 6.45) is 3.56. The number of fused-ring (bicyclic) bond motifs is 3. The Kier molecular flexibility index (Phi) is 8.26. The van der Waals surface area contributed by atoms with E-state index in [2.05, 4.69) is 40.8 Å². The van der Waals surface area contributed by atoms with Crippen molar-refractivity contribution in [3.05, 3.63) is 157 Å². The molecule has 0 fully saturated rings. The van der Waals surface area contributed by atoms with Gasteiger partial charge in [-0.25, -0.2) is 4.99 Å². The Bertz CT molecular complexity index is 2230. The lowest BCUT2D eigenvalue weighted by Crippen LogP contribution is -2.38. The number of nitro benzene ring substituents is 1. The van der Waals surface area contributed by atoms with E-state index in [1.807, 2.05) is 53.1 Å². The summed E-state index contributed by atoms with van der Waals surface area (Å²) in [5, 5.41) is 11.6. The van der Waals surface area contributed by atoms with Gasteiger partial charge in [-0.3, -0.25) is 19.5 Å². The maximum atomic E-state index is 14.2. The molecule has 5 aromatic rings. The van der Waals surface area contributed by atoms with Gasteiger partial charge in [0.25, 0.3) is 11.2 Å². The van der Waals surface area contributed by atoms with Gasteiger partial charge in [0, 0.05) is 22.7 Å². The second-order valence-electron chi connectivity index (χ2n) is 10.9. The average Bonchev–Trinajstić information content (AvgIpc) is 3.37. The van der Waals surface area contributed by atoms with Crippen LogP contribution in [0.4, 0.5) is 5.69 Å². The zero-order valence-electron chi connectivity index (χ0n) is 24.4. The van der Waals surface area contributed by atoms with Gasteiger partial charge in [-0.2, -0.15) is 0 Å². The highest BCUT2D eigenvalue weighted by Crippen LogP contribution is 2.41. The summed E-state index contributed by atoms with van der Waals surface area (Å²) in [6.45, 7) is 0.209. The summed E-state index contributed by atoms with van der Waals surface area (Å²) in [7, 11) is 1.57. The van der Waals surface area contributed by atoms with Crippen LogP contribution >= 0.6 is 45.5 Å². The lowest BCUT2D eigenvalue weighted by molar-refractivity contribution is -0.384. The second kappa shape index (κ2) is 12.5. The predicted molar refractivity (Wildman–Crippen MR) is 187 cm³/mol. The minimum absolute atomic E-state index is 0.0232. The van der Waals surface area contributed by atoms with Crippen LogP contribution in [0.5, 0.6) is 11.5 Å². The van der Waals surface area contributed by atoms with Crippen molar-refractivity contribution in [1.82, 2.24) is 4.57 Å². The highest BCUT2D eigenvalue weighted by Gasteiger charge is 2.32. The molecule has 0 saturated heterocycles. The third-order valence-corrected chi connectivity index (χ3v) is 10.2. The summed E-state index contributed by atoms with van der Waals surface area (Å²) < 4.78 is 14.9. The first kappa shape index (κ1) is 30.4. The monoisotopic (exact) mass is 761 g/mol. The van der Waals surface area contributed by atoms with Gasteiger partial charge < -0.3 is 9.47 Å². The van der Waals surface area contributed by atoms with Gasteiger partial charge in [0.15, 0.2) is 16.3 Å². The highest BCUT2D eigenvalue weighted by atomic mass is 127. The molecule has 230 valence electrons. The first-order valence-corrected chi connectivity index (χ1v) is 16.7. The zero-order chi connectivity index (χ0) is 31.9. The summed E-state index contributed by atoms with van der Waals surface area (Å²) >= 11 is 9.81. The number of nitro groups is 1. The molecule has 0 bridgehead atoms. The number of hydrogen-bond donors (Lipinski definition) is 0. The Labute approximate surface area is 286 Å². The minimum Gasteiger partial charge on any atom is -0.493 e. The van der Waals surface area contributed by atoms with Crippen LogP contribution in [-0.4, -0.2) is 16.6 Å². The number of aryl methyl sites for hydroxylation is 1. The van der Waals surface area contributed by atoms with E-state index in [1.165, 1.54) is 29.0 Å². The number of thiazole rings is 1. The lowest BCUT2D eigenvalue weighted by atomic mass is 9.83. The molecule has 2 aliphatic rings. The van der Waals surface area contributed by atoms with E-state index in [4.69, 9.17) is 26.1 Å². The van der Waals surface area contributed by atoms with Crippen LogP contribution in [-0.2, 0) is 13.0 Å². The molecule has 4 aromatic carbocycles. The van der Waals surface area contributed by atoms with Crippen LogP contribution in [0, 0.1) is 13.7 Å². The van der Waals surface area contributed by atoms with Gasteiger partial charge in [-0.05, 0) is 106 Å². The van der Waals surface area contributed by atoms with Crippen molar-refractivity contribution in [2.24, 2.45) is 4.99 Å². The van der Waals surface area contributed by atoms with Crippen molar-refractivity contribution in [1.29, 1.82) is 0 Å². The molecule has 46 heavy (non-hydrogen) atoms. The quantitative estimate of drug-likeness (QED) is 0.101. The lowest BCUT2D eigenvalue weighted by Gasteiger charge is -2.30. The number of ether oxygens (including phenoxy) is 2. The zero-order valence-corrected chi connectivity index (χ0v) is 28.1. The van der Waals surface area contributed by atoms with Crippen LogP contribution in [0.1, 0.15) is 40.3 Å². The minimum atomic E-state index is -0.433. The molecule has 2 heterocycles. The van der Waals surface area contributed by atoms with Crippen molar-refractivity contribution in [2.75, 3.05) is 7.11 Å². The molecular formula is C35H25ClIN3O5S. The standard InChI is InChI=1S/C35H25ClIN3O5S/c1-44-29-17-21(16-28(37)33(29)45-19-20-6-13-25(14-7-20)40(42)43)18-30-34(41)39-32(23-8-11-24(36)12-9-23)27-15-10-22-4-2-3-5-26(22)31(27)38-35(39)46-30/h2-9,11-14,16-18,32H,10,15,19H2,1H3/b30-18+.